The fraction of sp³-hybridized carbons (Fsp3) is 0.650. The number of carbonyl (C=O) groups is 1. The van der Waals surface area contributed by atoms with Crippen molar-refractivity contribution in [2.45, 2.75) is 44.7 Å². The van der Waals surface area contributed by atoms with Crippen molar-refractivity contribution < 1.29 is 9.18 Å². The summed E-state index contributed by atoms with van der Waals surface area (Å²) in [6.07, 6.45) is 3.87. The molecule has 0 bridgehead atoms. The van der Waals surface area contributed by atoms with Crippen molar-refractivity contribution in [2.24, 2.45) is 5.92 Å². The Balaban J connectivity index is 1.45. The van der Waals surface area contributed by atoms with E-state index in [-0.39, 0.29) is 17.8 Å². The van der Waals surface area contributed by atoms with Crippen LogP contribution >= 0.6 is 0 Å². The minimum absolute atomic E-state index is 0.113. The van der Waals surface area contributed by atoms with Gasteiger partial charge in [-0.25, -0.2) is 9.82 Å². The molecule has 1 aromatic rings. The number of carbonyl (C=O) groups excluding carboxylic acids is 1. The smallest absolute Gasteiger partial charge is 0.240 e. The molecule has 2 aliphatic rings. The van der Waals surface area contributed by atoms with E-state index in [1.54, 1.807) is 6.07 Å². The summed E-state index contributed by atoms with van der Waals surface area (Å²) in [7, 11) is 1.91. The SMILES string of the molecule is CC1CC(C(=O)N(C)CC2CCCN(CCc3ccccc3F)C2)NN1. The van der Waals surface area contributed by atoms with E-state index in [1.165, 1.54) is 6.07 Å². The number of nitrogens with zero attached hydrogens (tertiary/aromatic N) is 2. The van der Waals surface area contributed by atoms with Crippen molar-refractivity contribution in [1.29, 1.82) is 0 Å². The van der Waals surface area contributed by atoms with Crippen LogP contribution in [0.15, 0.2) is 24.3 Å². The first-order chi connectivity index (χ1) is 12.5. The van der Waals surface area contributed by atoms with Gasteiger partial charge in [0.25, 0.3) is 0 Å². The molecule has 0 aliphatic carbocycles. The molecule has 5 nitrogen and oxygen atoms in total. The summed E-state index contributed by atoms with van der Waals surface area (Å²) in [6, 6.07) is 7.24. The van der Waals surface area contributed by atoms with E-state index in [4.69, 9.17) is 0 Å². The zero-order valence-electron chi connectivity index (χ0n) is 15.9. The van der Waals surface area contributed by atoms with Crippen molar-refractivity contribution in [1.82, 2.24) is 20.7 Å². The molecule has 3 unspecified atom stereocenters. The van der Waals surface area contributed by atoms with Gasteiger partial charge in [0.2, 0.25) is 5.91 Å². The monoisotopic (exact) mass is 362 g/mol. The Kier molecular flexibility index (Phi) is 6.62. The number of benzene rings is 1. The molecule has 2 fully saturated rings. The van der Waals surface area contributed by atoms with Gasteiger partial charge in [0.05, 0.1) is 0 Å². The molecule has 3 rings (SSSR count). The van der Waals surface area contributed by atoms with Crippen molar-refractivity contribution >= 4 is 5.91 Å². The number of rotatable bonds is 6. The van der Waals surface area contributed by atoms with Crippen molar-refractivity contribution in [3.8, 4) is 0 Å². The van der Waals surface area contributed by atoms with Crippen LogP contribution in [0.25, 0.3) is 0 Å². The van der Waals surface area contributed by atoms with Crippen LogP contribution in [0.4, 0.5) is 4.39 Å². The Bertz CT molecular complexity index is 611. The van der Waals surface area contributed by atoms with Gasteiger partial charge in [0.15, 0.2) is 0 Å². The molecule has 144 valence electrons. The van der Waals surface area contributed by atoms with Crippen LogP contribution in [-0.2, 0) is 11.2 Å². The second-order valence-electron chi connectivity index (χ2n) is 7.85. The summed E-state index contributed by atoms with van der Waals surface area (Å²) >= 11 is 0. The Hall–Kier alpha value is -1.50. The van der Waals surface area contributed by atoms with Gasteiger partial charge >= 0.3 is 0 Å². The van der Waals surface area contributed by atoms with E-state index in [0.29, 0.717) is 12.0 Å². The quantitative estimate of drug-likeness (QED) is 0.810. The van der Waals surface area contributed by atoms with E-state index in [2.05, 4.69) is 22.7 Å². The third kappa shape index (κ3) is 5.02. The summed E-state index contributed by atoms with van der Waals surface area (Å²) in [4.78, 5) is 16.9. The molecule has 2 heterocycles. The van der Waals surface area contributed by atoms with Crippen LogP contribution in [0.3, 0.4) is 0 Å². The standard InChI is InChI=1S/C20H31FN4O/c1-15-12-19(23-22-15)20(26)24(2)13-16-6-5-10-25(14-16)11-9-17-7-3-4-8-18(17)21/h3-4,7-8,15-16,19,22-23H,5-6,9-14H2,1-2H3. The predicted molar refractivity (Wildman–Crippen MR) is 101 cm³/mol. The molecule has 2 saturated heterocycles. The van der Waals surface area contributed by atoms with Crippen molar-refractivity contribution in [2.75, 3.05) is 33.2 Å². The summed E-state index contributed by atoms with van der Waals surface area (Å²) in [5.41, 5.74) is 6.99. The fourth-order valence-corrected chi connectivity index (χ4v) is 4.10. The molecule has 0 spiro atoms. The Morgan fingerprint density at radius 1 is 1.35 bits per heavy atom. The zero-order chi connectivity index (χ0) is 18.5. The number of hydrogen-bond acceptors (Lipinski definition) is 4. The van der Waals surface area contributed by atoms with Crippen LogP contribution in [-0.4, -0.2) is 61.0 Å². The topological polar surface area (TPSA) is 47.6 Å². The summed E-state index contributed by atoms with van der Waals surface area (Å²) < 4.78 is 13.8. The van der Waals surface area contributed by atoms with Gasteiger partial charge in [-0.05, 0) is 56.7 Å². The molecule has 1 amide bonds. The lowest BCUT2D eigenvalue weighted by molar-refractivity contribution is -0.132. The van der Waals surface area contributed by atoms with Gasteiger partial charge in [0, 0.05) is 32.7 Å². The average Bonchev–Trinajstić information content (AvgIpc) is 3.07. The minimum atomic E-state index is -0.115. The molecule has 6 heteroatoms. The molecule has 2 N–H and O–H groups in total. The maximum Gasteiger partial charge on any atom is 0.240 e. The maximum absolute atomic E-state index is 13.8. The molecule has 26 heavy (non-hydrogen) atoms. The summed E-state index contributed by atoms with van der Waals surface area (Å²) in [5.74, 6) is 0.550. The zero-order valence-corrected chi connectivity index (χ0v) is 15.9. The number of piperidine rings is 1. The first-order valence-corrected chi connectivity index (χ1v) is 9.74. The average molecular weight is 362 g/mol. The van der Waals surface area contributed by atoms with E-state index >= 15 is 0 Å². The fourth-order valence-electron chi connectivity index (χ4n) is 4.10. The van der Waals surface area contributed by atoms with Gasteiger partial charge in [-0.15, -0.1) is 0 Å². The van der Waals surface area contributed by atoms with Gasteiger partial charge in [0.1, 0.15) is 11.9 Å². The molecular formula is C20H31FN4O. The predicted octanol–water partition coefficient (Wildman–Crippen LogP) is 1.79. The van der Waals surface area contributed by atoms with Gasteiger partial charge in [-0.2, -0.15) is 0 Å². The number of hydrazine groups is 1. The van der Waals surface area contributed by atoms with Gasteiger partial charge < -0.3 is 9.80 Å². The molecular weight excluding hydrogens is 331 g/mol. The number of halogens is 1. The summed E-state index contributed by atoms with van der Waals surface area (Å²) in [6.45, 7) is 5.80. The lowest BCUT2D eigenvalue weighted by Gasteiger charge is -2.35. The van der Waals surface area contributed by atoms with Crippen LogP contribution in [0.1, 0.15) is 31.7 Å². The van der Waals surface area contributed by atoms with Gasteiger partial charge in [-0.1, -0.05) is 18.2 Å². The van der Waals surface area contributed by atoms with Crippen LogP contribution in [0, 0.1) is 11.7 Å². The van der Waals surface area contributed by atoms with Crippen LogP contribution < -0.4 is 10.9 Å². The van der Waals surface area contributed by atoms with Gasteiger partial charge in [-0.3, -0.25) is 10.2 Å². The third-order valence-electron chi connectivity index (χ3n) is 5.56. The molecule has 1 aromatic carbocycles. The number of nitrogens with one attached hydrogen (secondary N) is 2. The third-order valence-corrected chi connectivity index (χ3v) is 5.56. The lowest BCUT2D eigenvalue weighted by atomic mass is 9.96. The summed E-state index contributed by atoms with van der Waals surface area (Å²) in [5, 5.41) is 0. The Morgan fingerprint density at radius 3 is 2.88 bits per heavy atom. The molecule has 0 radical (unpaired) electrons. The second kappa shape index (κ2) is 8.93. The second-order valence-corrected chi connectivity index (χ2v) is 7.85. The van der Waals surface area contributed by atoms with Crippen LogP contribution in [0.2, 0.25) is 0 Å². The van der Waals surface area contributed by atoms with Crippen molar-refractivity contribution in [3.05, 3.63) is 35.6 Å². The molecule has 0 saturated carbocycles. The van der Waals surface area contributed by atoms with E-state index < -0.39 is 0 Å². The van der Waals surface area contributed by atoms with Crippen LogP contribution in [0.5, 0.6) is 0 Å². The number of likely N-dealkylation sites (N-methyl/N-ethyl adjacent to an activating group) is 1. The molecule has 3 atom stereocenters. The lowest BCUT2D eigenvalue weighted by Crippen LogP contribution is -2.47. The normalized spacial score (nSPS) is 26.8. The number of likely N-dealkylation sites (tertiary alicyclic amines) is 1. The van der Waals surface area contributed by atoms with E-state index in [9.17, 15) is 9.18 Å². The first kappa shape index (κ1) is 19.3. The highest BCUT2D eigenvalue weighted by Crippen LogP contribution is 2.19. The first-order valence-electron chi connectivity index (χ1n) is 9.74. The Morgan fingerprint density at radius 2 is 2.15 bits per heavy atom. The highest BCUT2D eigenvalue weighted by Gasteiger charge is 2.30. The molecule has 0 aromatic heterocycles. The van der Waals surface area contributed by atoms with E-state index in [0.717, 1.165) is 57.4 Å². The molecule has 2 aliphatic heterocycles. The highest BCUT2D eigenvalue weighted by molar-refractivity contribution is 5.82. The Labute approximate surface area is 155 Å². The van der Waals surface area contributed by atoms with Crippen molar-refractivity contribution in [3.63, 3.8) is 0 Å². The number of hydrogen-bond donors (Lipinski definition) is 2. The minimum Gasteiger partial charge on any atom is -0.344 e. The van der Waals surface area contributed by atoms with E-state index in [1.807, 2.05) is 24.1 Å². The number of amides is 1. The largest absolute Gasteiger partial charge is 0.344 e. The highest BCUT2D eigenvalue weighted by atomic mass is 19.1. The maximum atomic E-state index is 13.8.